The summed E-state index contributed by atoms with van der Waals surface area (Å²) in [7, 11) is 5.30. The molecule has 0 atom stereocenters. The van der Waals surface area contributed by atoms with Gasteiger partial charge in [0.15, 0.2) is 0 Å². The number of hydrogen-bond donors (Lipinski definition) is 2. The van der Waals surface area contributed by atoms with Gasteiger partial charge in [-0.15, -0.1) is 12.4 Å². The third-order valence-electron chi connectivity index (χ3n) is 8.85. The molecule has 6 aliphatic rings. The highest BCUT2D eigenvalue weighted by atomic mass is 35.5. The van der Waals surface area contributed by atoms with E-state index in [-0.39, 0.29) is 37.9 Å². The molecule has 14 nitrogen and oxygen atoms in total. The van der Waals surface area contributed by atoms with Crippen molar-refractivity contribution < 1.29 is 38.1 Å². The number of nitrogens with one attached hydrogen (secondary N) is 2. The molecule has 0 radical (unpaired) electrons. The Kier molecular flexibility index (Phi) is 20.0. The number of halogens is 1. The zero-order valence-corrected chi connectivity index (χ0v) is 32.2. The molecule has 0 spiro atoms. The lowest BCUT2D eigenvalue weighted by atomic mass is 9.98. The molecule has 6 saturated heterocycles. The first kappa shape index (κ1) is 46.2. The topological polar surface area (TPSA) is 134 Å². The first-order valence-electron chi connectivity index (χ1n) is 17.5. The van der Waals surface area contributed by atoms with E-state index in [0.717, 1.165) is 71.1 Å². The van der Waals surface area contributed by atoms with Crippen molar-refractivity contribution in [2.75, 3.05) is 113 Å². The summed E-state index contributed by atoms with van der Waals surface area (Å²) in [5.74, 6) is 1.51. The van der Waals surface area contributed by atoms with E-state index in [1.165, 1.54) is 24.5 Å². The Hall–Kier alpha value is -1.78. The molecule has 2 amide bonds. The van der Waals surface area contributed by atoms with Crippen LogP contribution in [0.25, 0.3) is 0 Å². The lowest BCUT2D eigenvalue weighted by Gasteiger charge is -2.45. The Morgan fingerprint density at radius 1 is 0.620 bits per heavy atom. The third-order valence-corrected chi connectivity index (χ3v) is 8.85. The zero-order chi connectivity index (χ0) is 35.5. The summed E-state index contributed by atoms with van der Waals surface area (Å²) >= 11 is 0. The van der Waals surface area contributed by atoms with Crippen LogP contribution < -0.4 is 10.6 Å². The fourth-order valence-electron chi connectivity index (χ4n) is 5.51. The van der Waals surface area contributed by atoms with E-state index in [4.69, 9.17) is 23.7 Å². The van der Waals surface area contributed by atoms with Gasteiger partial charge in [0.2, 0.25) is 0 Å². The molecule has 6 rings (SSSR count). The minimum Gasteiger partial charge on any atom is -0.444 e. The van der Waals surface area contributed by atoms with E-state index in [1.54, 1.807) is 26.2 Å². The fraction of sp³-hybridized carbons (Fsp3) is 0.914. The average Bonchev–Trinajstić information content (AvgIpc) is 2.83. The van der Waals surface area contributed by atoms with E-state index >= 15 is 0 Å². The van der Waals surface area contributed by atoms with Crippen molar-refractivity contribution in [3.63, 3.8) is 0 Å². The van der Waals surface area contributed by atoms with Crippen LogP contribution in [0.1, 0.15) is 49.0 Å². The van der Waals surface area contributed by atoms with Crippen molar-refractivity contribution in [1.82, 2.24) is 30.2 Å². The second-order valence-corrected chi connectivity index (χ2v) is 15.7. The molecule has 0 aromatic carbocycles. The van der Waals surface area contributed by atoms with Crippen LogP contribution in [0.15, 0.2) is 0 Å². The van der Waals surface area contributed by atoms with Crippen molar-refractivity contribution in [2.45, 2.75) is 78.5 Å². The maximum absolute atomic E-state index is 11.7. The Morgan fingerprint density at radius 3 is 1.28 bits per heavy atom. The van der Waals surface area contributed by atoms with Crippen LogP contribution in [0.4, 0.5) is 9.59 Å². The highest BCUT2D eigenvalue weighted by molar-refractivity contribution is 5.85. The van der Waals surface area contributed by atoms with Crippen molar-refractivity contribution in [2.24, 2.45) is 17.8 Å². The van der Waals surface area contributed by atoms with E-state index in [1.807, 2.05) is 41.5 Å². The number of aldehydes is 1. The van der Waals surface area contributed by atoms with Gasteiger partial charge >= 0.3 is 12.2 Å². The average molecular weight is 737 g/mol. The number of rotatable bonds is 8. The van der Waals surface area contributed by atoms with Gasteiger partial charge in [-0.1, -0.05) is 7.43 Å². The molecule has 6 heterocycles. The number of hydrogen-bond acceptors (Lipinski definition) is 12. The second kappa shape index (κ2) is 21.7. The summed E-state index contributed by atoms with van der Waals surface area (Å²) in [6.07, 6.45) is 1.80. The summed E-state index contributed by atoms with van der Waals surface area (Å²) in [5.41, 5.74) is -0.853. The van der Waals surface area contributed by atoms with Crippen molar-refractivity contribution in [3.05, 3.63) is 0 Å². The van der Waals surface area contributed by atoms with Crippen LogP contribution in [0, 0.1) is 17.8 Å². The molecule has 294 valence electrons. The van der Waals surface area contributed by atoms with Crippen LogP contribution in [0.5, 0.6) is 0 Å². The Morgan fingerprint density at radius 2 is 1.00 bits per heavy atom. The monoisotopic (exact) mass is 736 g/mol. The van der Waals surface area contributed by atoms with Crippen LogP contribution in [0.2, 0.25) is 0 Å². The highest BCUT2D eigenvalue weighted by Gasteiger charge is 2.37. The van der Waals surface area contributed by atoms with Crippen LogP contribution in [-0.4, -0.2) is 181 Å². The van der Waals surface area contributed by atoms with E-state index in [9.17, 15) is 14.4 Å². The summed E-state index contributed by atoms with van der Waals surface area (Å²) in [6.45, 7) is 25.0. The molecule has 0 aromatic heterocycles. The molecule has 50 heavy (non-hydrogen) atoms. The number of methoxy groups -OCH3 is 3. The zero-order valence-electron chi connectivity index (χ0n) is 31.4. The smallest absolute Gasteiger partial charge is 0.410 e. The number of carbonyl (C=O) groups excluding carboxylic acids is 3. The van der Waals surface area contributed by atoms with Crippen molar-refractivity contribution in [3.8, 4) is 0 Å². The maximum atomic E-state index is 11.7. The van der Waals surface area contributed by atoms with Crippen LogP contribution >= 0.6 is 12.4 Å². The molecule has 0 bridgehead atoms. The van der Waals surface area contributed by atoms with Crippen LogP contribution in [-0.2, 0) is 28.5 Å². The van der Waals surface area contributed by atoms with Gasteiger partial charge in [0.25, 0.3) is 0 Å². The molecular weight excluding hydrogens is 668 g/mol. The fourth-order valence-corrected chi connectivity index (χ4v) is 5.51. The van der Waals surface area contributed by atoms with E-state index < -0.39 is 11.2 Å². The molecular formula is C35H69ClN6O8. The predicted octanol–water partition coefficient (Wildman–Crippen LogP) is 2.44. The highest BCUT2D eigenvalue weighted by Crippen LogP contribution is 2.23. The molecule has 0 saturated carbocycles. The lowest BCUT2D eigenvalue weighted by Crippen LogP contribution is -2.59. The summed E-state index contributed by atoms with van der Waals surface area (Å²) in [4.78, 5) is 41.4. The number of carbonyl (C=O) groups is 3. The summed E-state index contributed by atoms with van der Waals surface area (Å²) < 4.78 is 25.8. The predicted molar refractivity (Wildman–Crippen MR) is 197 cm³/mol. The third kappa shape index (κ3) is 16.3. The number of likely N-dealkylation sites (tertiary alicyclic amines) is 4. The molecule has 0 aliphatic carbocycles. The minimum atomic E-state index is -0.455. The van der Waals surface area contributed by atoms with Gasteiger partial charge < -0.3 is 48.9 Å². The molecule has 6 fully saturated rings. The SMILES string of the molecule is C.CC(C)(C)OC(=O)N1CC(C=O)C1.COC1CN(CC2CN(C(=O)OC(C)(C)C)C2)C1.COC1CN(CC2CNC2)C1.COC1CNC1.Cl. The maximum Gasteiger partial charge on any atom is 0.410 e. The largest absolute Gasteiger partial charge is 0.444 e. The molecule has 6 aliphatic heterocycles. The van der Waals surface area contributed by atoms with Crippen LogP contribution in [0.3, 0.4) is 0 Å². The molecule has 2 N–H and O–H groups in total. The van der Waals surface area contributed by atoms with Gasteiger partial charge in [0.1, 0.15) is 17.5 Å². The first-order valence-corrected chi connectivity index (χ1v) is 17.5. The Balaban J connectivity index is 0.000000347. The minimum absolute atomic E-state index is 0. The van der Waals surface area contributed by atoms with Gasteiger partial charge in [-0.25, -0.2) is 9.59 Å². The van der Waals surface area contributed by atoms with Crippen molar-refractivity contribution >= 4 is 30.9 Å². The Labute approximate surface area is 307 Å². The summed E-state index contributed by atoms with van der Waals surface area (Å²) in [5, 5.41) is 6.37. The lowest BCUT2D eigenvalue weighted by molar-refractivity contribution is -0.115. The van der Waals surface area contributed by atoms with Gasteiger partial charge in [-0.05, 0) is 47.5 Å². The number of nitrogens with zero attached hydrogens (tertiary/aromatic N) is 4. The first-order chi connectivity index (χ1) is 22.6. The number of amides is 2. The molecule has 15 heteroatoms. The molecule has 0 unspecified atom stereocenters. The summed E-state index contributed by atoms with van der Waals surface area (Å²) in [6, 6.07) is 0. The normalized spacial score (nSPS) is 21.8. The van der Waals surface area contributed by atoms with Gasteiger partial charge in [-0.2, -0.15) is 0 Å². The standard InChI is InChI=1S/C13H24N2O3.C9H15NO3.C8H16N2O.C4H9NO.CH4.ClH/c1-13(2,3)18-12(16)15-6-10(7-15)5-14-8-11(9-14)17-4;1-9(2,3)13-8(12)10-4-7(5-10)6-11;1-11-8-5-10(6-8)4-7-2-9-3-7;1-6-4-2-5-3-4;;/h10-11H,5-9H2,1-4H3;6-7H,4-5H2,1-3H3;7-9H,2-6H2,1H3;4-5H,2-3H2,1H3;1H4;1H. The Bertz CT molecular complexity index is 980. The molecule has 0 aromatic rings. The van der Waals surface area contributed by atoms with Gasteiger partial charge in [-0.3, -0.25) is 9.80 Å². The van der Waals surface area contributed by atoms with E-state index in [0.29, 0.717) is 37.3 Å². The van der Waals surface area contributed by atoms with Crippen molar-refractivity contribution in [1.29, 1.82) is 0 Å². The second-order valence-electron chi connectivity index (χ2n) is 15.7. The number of ether oxygens (including phenoxy) is 5. The van der Waals surface area contributed by atoms with Gasteiger partial charge in [0.05, 0.1) is 24.2 Å². The van der Waals surface area contributed by atoms with Gasteiger partial charge in [0, 0.05) is 119 Å². The quantitative estimate of drug-likeness (QED) is 0.355. The van der Waals surface area contributed by atoms with E-state index in [2.05, 4.69) is 20.4 Å².